The van der Waals surface area contributed by atoms with Gasteiger partial charge in [0.2, 0.25) is 0 Å². The molecule has 1 rings (SSSR count). The molecule has 0 saturated carbocycles. The molecule has 1 radical (unpaired) electrons. The van der Waals surface area contributed by atoms with Crippen molar-refractivity contribution >= 4 is 6.29 Å². The molecule has 0 amide bonds. The molecular formula is C9H9O2. The molecule has 0 aliphatic carbocycles. The van der Waals surface area contributed by atoms with E-state index in [1.54, 1.807) is 0 Å². The fourth-order valence-electron chi connectivity index (χ4n) is 0.895. The molecule has 0 aliphatic heterocycles. The van der Waals surface area contributed by atoms with E-state index in [9.17, 15) is 9.90 Å². The Hall–Kier alpha value is -1.15. The van der Waals surface area contributed by atoms with E-state index in [0.717, 1.165) is 5.56 Å². The van der Waals surface area contributed by atoms with E-state index in [4.69, 9.17) is 0 Å². The van der Waals surface area contributed by atoms with E-state index in [1.165, 1.54) is 0 Å². The Balaban J connectivity index is 2.57. The molecule has 0 aliphatic rings. The number of carbonyl (C=O) groups excluding carboxylic acids is 1. The lowest BCUT2D eigenvalue weighted by molar-refractivity contribution is -0.117. The zero-order valence-corrected chi connectivity index (χ0v) is 6.07. The van der Waals surface area contributed by atoms with E-state index in [0.29, 0.717) is 12.7 Å². The minimum atomic E-state index is -1.11. The summed E-state index contributed by atoms with van der Waals surface area (Å²) in [4.78, 5) is 10.00. The van der Waals surface area contributed by atoms with Gasteiger partial charge in [0.25, 0.3) is 0 Å². The number of benzene rings is 1. The van der Waals surface area contributed by atoms with Gasteiger partial charge in [0.15, 0.2) is 12.4 Å². The Morgan fingerprint density at radius 3 is 2.45 bits per heavy atom. The van der Waals surface area contributed by atoms with Gasteiger partial charge in [0, 0.05) is 6.42 Å². The van der Waals surface area contributed by atoms with Crippen molar-refractivity contribution < 1.29 is 9.90 Å². The second-order valence-corrected chi connectivity index (χ2v) is 2.36. The van der Waals surface area contributed by atoms with E-state index in [2.05, 4.69) is 0 Å². The predicted octanol–water partition coefficient (Wildman–Crippen LogP) is 1.23. The third-order valence-corrected chi connectivity index (χ3v) is 1.43. The van der Waals surface area contributed by atoms with Gasteiger partial charge >= 0.3 is 0 Å². The average molecular weight is 149 g/mol. The monoisotopic (exact) mass is 149 g/mol. The summed E-state index contributed by atoms with van der Waals surface area (Å²) in [5, 5.41) is 10.7. The van der Waals surface area contributed by atoms with Gasteiger partial charge in [-0.05, 0) is 5.56 Å². The minimum absolute atomic E-state index is 0.296. The van der Waals surface area contributed by atoms with Gasteiger partial charge in [0.1, 0.15) is 0 Å². The van der Waals surface area contributed by atoms with Crippen LogP contribution in [0.5, 0.6) is 0 Å². The Morgan fingerprint density at radius 2 is 1.91 bits per heavy atom. The number of aldehydes is 1. The van der Waals surface area contributed by atoms with Crippen LogP contribution in [-0.2, 0) is 16.3 Å². The number of carbonyl (C=O) groups is 1. The van der Waals surface area contributed by atoms with Gasteiger partial charge < -0.3 is 4.79 Å². The van der Waals surface area contributed by atoms with E-state index in [1.807, 2.05) is 30.3 Å². The highest BCUT2D eigenvalue weighted by Gasteiger charge is 2.03. The van der Waals surface area contributed by atoms with Crippen molar-refractivity contribution in [2.45, 2.75) is 12.5 Å². The number of hydrogen-bond donors (Lipinski definition) is 0. The SMILES string of the molecule is [O]C(C=O)Cc1ccccc1. The van der Waals surface area contributed by atoms with E-state index >= 15 is 0 Å². The molecule has 0 N–H and O–H groups in total. The molecule has 1 atom stereocenters. The molecule has 1 aromatic carbocycles. The van der Waals surface area contributed by atoms with Crippen molar-refractivity contribution in [3.63, 3.8) is 0 Å². The van der Waals surface area contributed by atoms with Crippen molar-refractivity contribution in [1.82, 2.24) is 0 Å². The van der Waals surface area contributed by atoms with Crippen LogP contribution < -0.4 is 0 Å². The van der Waals surface area contributed by atoms with Gasteiger partial charge in [0.05, 0.1) is 0 Å². The lowest BCUT2D eigenvalue weighted by Gasteiger charge is -1.98. The van der Waals surface area contributed by atoms with Gasteiger partial charge in [-0.2, -0.15) is 0 Å². The Morgan fingerprint density at radius 1 is 1.27 bits per heavy atom. The normalized spacial score (nSPS) is 12.5. The molecule has 2 heteroatoms. The standard InChI is InChI=1S/C9H9O2/c10-7-9(11)6-8-4-2-1-3-5-8/h1-5,7,9H,6H2. The Bertz CT molecular complexity index is 218. The van der Waals surface area contributed by atoms with Crippen LogP contribution in [0.2, 0.25) is 0 Å². The predicted molar refractivity (Wildman–Crippen MR) is 40.7 cm³/mol. The fourth-order valence-corrected chi connectivity index (χ4v) is 0.895. The molecule has 1 unspecified atom stereocenters. The van der Waals surface area contributed by atoms with Crippen LogP contribution >= 0.6 is 0 Å². The van der Waals surface area contributed by atoms with Crippen molar-refractivity contribution in [3.8, 4) is 0 Å². The molecule has 1 aromatic rings. The van der Waals surface area contributed by atoms with Crippen LogP contribution in [0.15, 0.2) is 30.3 Å². The first-order valence-electron chi connectivity index (χ1n) is 3.48. The highest BCUT2D eigenvalue weighted by molar-refractivity contribution is 5.56. The van der Waals surface area contributed by atoms with Crippen molar-refractivity contribution in [3.05, 3.63) is 35.9 Å². The van der Waals surface area contributed by atoms with Gasteiger partial charge in [-0.3, -0.25) is 0 Å². The smallest absolute Gasteiger partial charge is 0.152 e. The maximum atomic E-state index is 10.7. The Kier molecular flexibility index (Phi) is 2.81. The topological polar surface area (TPSA) is 37.0 Å². The lowest BCUT2D eigenvalue weighted by Crippen LogP contribution is -2.09. The van der Waals surface area contributed by atoms with Crippen LogP contribution in [-0.4, -0.2) is 12.4 Å². The molecule has 0 bridgehead atoms. The second-order valence-electron chi connectivity index (χ2n) is 2.36. The quantitative estimate of drug-likeness (QED) is 0.595. The van der Waals surface area contributed by atoms with E-state index in [-0.39, 0.29) is 0 Å². The molecule has 11 heavy (non-hydrogen) atoms. The van der Waals surface area contributed by atoms with Gasteiger partial charge in [-0.1, -0.05) is 30.3 Å². The molecule has 57 valence electrons. The molecule has 0 saturated heterocycles. The summed E-state index contributed by atoms with van der Waals surface area (Å²) in [7, 11) is 0. The van der Waals surface area contributed by atoms with Crippen LogP contribution in [0.3, 0.4) is 0 Å². The zero-order valence-electron chi connectivity index (χ0n) is 6.07. The minimum Gasteiger partial charge on any atom is -0.300 e. The van der Waals surface area contributed by atoms with Crippen molar-refractivity contribution in [1.29, 1.82) is 0 Å². The van der Waals surface area contributed by atoms with Crippen LogP contribution in [0.4, 0.5) is 0 Å². The second kappa shape index (κ2) is 3.88. The van der Waals surface area contributed by atoms with E-state index < -0.39 is 6.10 Å². The largest absolute Gasteiger partial charge is 0.300 e. The Labute approximate surface area is 65.5 Å². The van der Waals surface area contributed by atoms with Crippen LogP contribution in [0.1, 0.15) is 5.56 Å². The van der Waals surface area contributed by atoms with Gasteiger partial charge in [-0.15, -0.1) is 0 Å². The first-order valence-corrected chi connectivity index (χ1v) is 3.48. The molecule has 0 spiro atoms. The third-order valence-electron chi connectivity index (χ3n) is 1.43. The first kappa shape index (κ1) is 7.95. The highest BCUT2D eigenvalue weighted by Crippen LogP contribution is 2.01. The van der Waals surface area contributed by atoms with Crippen molar-refractivity contribution in [2.75, 3.05) is 0 Å². The first-order chi connectivity index (χ1) is 5.33. The summed E-state index contributed by atoms with van der Waals surface area (Å²) < 4.78 is 0. The summed E-state index contributed by atoms with van der Waals surface area (Å²) in [5.41, 5.74) is 0.916. The van der Waals surface area contributed by atoms with Crippen LogP contribution in [0.25, 0.3) is 0 Å². The lowest BCUT2D eigenvalue weighted by atomic mass is 10.1. The average Bonchev–Trinajstić information content (AvgIpc) is 2.06. The summed E-state index contributed by atoms with van der Waals surface area (Å²) in [6.45, 7) is 0. The molecule has 0 heterocycles. The zero-order chi connectivity index (χ0) is 8.10. The fraction of sp³-hybridized carbons (Fsp3) is 0.222. The summed E-state index contributed by atoms with van der Waals surface area (Å²) in [6, 6.07) is 9.27. The summed E-state index contributed by atoms with van der Waals surface area (Å²) >= 11 is 0. The highest BCUT2D eigenvalue weighted by atomic mass is 16.3. The third kappa shape index (κ3) is 2.51. The maximum Gasteiger partial charge on any atom is 0.152 e. The van der Waals surface area contributed by atoms with Crippen LogP contribution in [0, 0.1) is 0 Å². The molecular weight excluding hydrogens is 140 g/mol. The molecule has 2 nitrogen and oxygen atoms in total. The van der Waals surface area contributed by atoms with Crippen molar-refractivity contribution in [2.24, 2.45) is 0 Å². The molecule has 0 aromatic heterocycles. The van der Waals surface area contributed by atoms with Gasteiger partial charge in [-0.25, -0.2) is 5.11 Å². The molecule has 0 fully saturated rings. The summed E-state index contributed by atoms with van der Waals surface area (Å²) in [6.07, 6.45) is -0.380. The number of rotatable bonds is 3. The number of hydrogen-bond acceptors (Lipinski definition) is 1. The maximum absolute atomic E-state index is 10.7. The summed E-state index contributed by atoms with van der Waals surface area (Å²) in [5.74, 6) is 0.